The fourth-order valence-electron chi connectivity index (χ4n) is 2.15. The largest absolute Gasteiger partial charge is 0.496 e. The molecular formula is C17H17ClF3N3O2. The molecule has 2 rings (SSSR count). The summed E-state index contributed by atoms with van der Waals surface area (Å²) in [6.45, 7) is 2.10. The van der Waals surface area contributed by atoms with Gasteiger partial charge in [-0.3, -0.25) is 5.43 Å². The monoisotopic (exact) mass is 387 g/mol. The molecule has 0 amide bonds. The van der Waals surface area contributed by atoms with Gasteiger partial charge in [0.15, 0.2) is 5.82 Å². The van der Waals surface area contributed by atoms with Crippen LogP contribution in [0.5, 0.6) is 5.75 Å². The number of alkyl halides is 3. The second-order valence-corrected chi connectivity index (χ2v) is 5.73. The predicted molar refractivity (Wildman–Crippen MR) is 93.8 cm³/mol. The Morgan fingerprint density at radius 2 is 2.00 bits per heavy atom. The lowest BCUT2D eigenvalue weighted by molar-refractivity contribution is -0.137. The number of pyridine rings is 1. The fraction of sp³-hybridized carbons (Fsp3) is 0.294. The average Bonchev–Trinajstić information content (AvgIpc) is 2.59. The summed E-state index contributed by atoms with van der Waals surface area (Å²) in [4.78, 5) is 3.67. The minimum atomic E-state index is -4.50. The molecule has 0 aliphatic heterocycles. The van der Waals surface area contributed by atoms with Crippen LogP contribution < -0.4 is 10.2 Å². The molecular weight excluding hydrogens is 371 g/mol. The molecule has 0 bridgehead atoms. The minimum Gasteiger partial charge on any atom is -0.496 e. The molecule has 0 saturated heterocycles. The second-order valence-electron chi connectivity index (χ2n) is 5.32. The molecule has 2 aromatic rings. The van der Waals surface area contributed by atoms with Crippen LogP contribution in [0.25, 0.3) is 0 Å². The number of hydrogen-bond acceptors (Lipinski definition) is 5. The van der Waals surface area contributed by atoms with E-state index in [-0.39, 0.29) is 10.8 Å². The van der Waals surface area contributed by atoms with Gasteiger partial charge in [0.05, 0.1) is 30.0 Å². The van der Waals surface area contributed by atoms with E-state index in [1.165, 1.54) is 0 Å². The molecule has 0 unspecified atom stereocenters. The van der Waals surface area contributed by atoms with Gasteiger partial charge in [-0.25, -0.2) is 4.98 Å². The van der Waals surface area contributed by atoms with Crippen molar-refractivity contribution < 1.29 is 22.6 Å². The zero-order chi connectivity index (χ0) is 19.3. The lowest BCUT2D eigenvalue weighted by Crippen LogP contribution is -2.07. The van der Waals surface area contributed by atoms with E-state index in [1.807, 2.05) is 6.07 Å². The summed E-state index contributed by atoms with van der Waals surface area (Å²) in [7, 11) is 3.14. The van der Waals surface area contributed by atoms with Crippen LogP contribution in [-0.4, -0.2) is 24.9 Å². The zero-order valence-electron chi connectivity index (χ0n) is 14.3. The first-order valence-electron chi connectivity index (χ1n) is 7.45. The number of nitrogens with zero attached hydrogens (tertiary/aromatic N) is 2. The number of methoxy groups -OCH3 is 2. The lowest BCUT2D eigenvalue weighted by Gasteiger charge is -2.11. The molecule has 1 heterocycles. The molecule has 0 saturated carbocycles. The quantitative estimate of drug-likeness (QED) is 0.574. The molecule has 26 heavy (non-hydrogen) atoms. The molecule has 5 nitrogen and oxygen atoms in total. The topological polar surface area (TPSA) is 55.7 Å². The molecule has 0 aliphatic carbocycles. The zero-order valence-corrected chi connectivity index (χ0v) is 15.1. The third kappa shape index (κ3) is 4.86. The van der Waals surface area contributed by atoms with Crippen LogP contribution in [0.2, 0.25) is 5.02 Å². The van der Waals surface area contributed by atoms with E-state index >= 15 is 0 Å². The fourth-order valence-corrected chi connectivity index (χ4v) is 2.36. The Bertz CT molecular complexity index is 810. The van der Waals surface area contributed by atoms with Gasteiger partial charge in [0.2, 0.25) is 0 Å². The van der Waals surface area contributed by atoms with Gasteiger partial charge < -0.3 is 9.47 Å². The molecule has 0 fully saturated rings. The Kier molecular flexibility index (Phi) is 6.44. The number of hydrogen-bond donors (Lipinski definition) is 1. The van der Waals surface area contributed by atoms with E-state index < -0.39 is 11.7 Å². The molecule has 140 valence electrons. The van der Waals surface area contributed by atoms with Crippen LogP contribution in [0.3, 0.4) is 0 Å². The first kappa shape index (κ1) is 20.0. The summed E-state index contributed by atoms with van der Waals surface area (Å²) in [6, 6.07) is 6.24. The SMILES string of the molecule is COCc1cc(/C(C)=N\Nc2ncc(C(F)(F)F)cc2Cl)ccc1OC. The van der Waals surface area contributed by atoms with Gasteiger partial charge in [0.1, 0.15) is 5.75 Å². The van der Waals surface area contributed by atoms with Crippen molar-refractivity contribution >= 4 is 23.1 Å². The van der Waals surface area contributed by atoms with Crippen molar-refractivity contribution in [2.75, 3.05) is 19.6 Å². The van der Waals surface area contributed by atoms with Crippen molar-refractivity contribution in [3.8, 4) is 5.75 Å². The molecule has 0 aliphatic rings. The molecule has 1 N–H and O–H groups in total. The van der Waals surface area contributed by atoms with E-state index in [9.17, 15) is 13.2 Å². The maximum Gasteiger partial charge on any atom is 0.417 e. The van der Waals surface area contributed by atoms with Crippen molar-refractivity contribution in [1.29, 1.82) is 0 Å². The Balaban J connectivity index is 2.21. The number of benzene rings is 1. The van der Waals surface area contributed by atoms with Gasteiger partial charge >= 0.3 is 6.18 Å². The van der Waals surface area contributed by atoms with Gasteiger partial charge in [0, 0.05) is 18.9 Å². The van der Waals surface area contributed by atoms with Crippen molar-refractivity contribution in [3.05, 3.63) is 52.2 Å². The summed E-state index contributed by atoms with van der Waals surface area (Å²) in [5, 5.41) is 3.96. The first-order chi connectivity index (χ1) is 12.3. The molecule has 0 radical (unpaired) electrons. The number of anilines is 1. The number of rotatable bonds is 6. The van der Waals surface area contributed by atoms with Crippen molar-refractivity contribution in [2.24, 2.45) is 5.10 Å². The Labute approximate surface area is 153 Å². The van der Waals surface area contributed by atoms with Crippen LogP contribution in [0.15, 0.2) is 35.6 Å². The normalized spacial score (nSPS) is 12.2. The summed E-state index contributed by atoms with van der Waals surface area (Å²) < 4.78 is 48.3. The van der Waals surface area contributed by atoms with Crippen LogP contribution in [-0.2, 0) is 17.5 Å². The van der Waals surface area contributed by atoms with Crippen LogP contribution >= 0.6 is 11.6 Å². The third-order valence-electron chi connectivity index (χ3n) is 3.50. The molecule has 0 atom stereocenters. The first-order valence-corrected chi connectivity index (χ1v) is 7.83. The highest BCUT2D eigenvalue weighted by Crippen LogP contribution is 2.32. The van der Waals surface area contributed by atoms with Crippen molar-refractivity contribution in [3.63, 3.8) is 0 Å². The molecule has 1 aromatic heterocycles. The standard InChI is InChI=1S/C17H17ClF3N3O2/c1-10(11-4-5-15(26-3)12(6-11)9-25-2)23-24-16-14(18)7-13(8-22-16)17(19,20)21/h4-8H,9H2,1-3H3,(H,22,24)/b23-10-. The highest BCUT2D eigenvalue weighted by molar-refractivity contribution is 6.33. The lowest BCUT2D eigenvalue weighted by atomic mass is 10.1. The number of nitrogens with one attached hydrogen (secondary N) is 1. The smallest absolute Gasteiger partial charge is 0.417 e. The maximum atomic E-state index is 12.6. The predicted octanol–water partition coefficient (Wildman–Crippen LogP) is 4.74. The van der Waals surface area contributed by atoms with Crippen molar-refractivity contribution in [1.82, 2.24) is 4.98 Å². The van der Waals surface area contributed by atoms with Gasteiger partial charge in [-0.2, -0.15) is 18.3 Å². The van der Waals surface area contributed by atoms with E-state index in [0.29, 0.717) is 24.3 Å². The number of hydrazone groups is 1. The summed E-state index contributed by atoms with van der Waals surface area (Å²) in [5.41, 5.74) is 3.87. The van der Waals surface area contributed by atoms with Crippen molar-refractivity contribution in [2.45, 2.75) is 19.7 Å². The van der Waals surface area contributed by atoms with E-state index in [2.05, 4.69) is 15.5 Å². The van der Waals surface area contributed by atoms with Gasteiger partial charge in [-0.05, 0) is 36.8 Å². The van der Waals surface area contributed by atoms with E-state index in [0.717, 1.165) is 17.2 Å². The third-order valence-corrected chi connectivity index (χ3v) is 3.78. The summed E-state index contributed by atoms with van der Waals surface area (Å²) in [5.74, 6) is 0.716. The molecule has 9 heteroatoms. The highest BCUT2D eigenvalue weighted by Gasteiger charge is 2.31. The van der Waals surface area contributed by atoms with Crippen LogP contribution in [0.4, 0.5) is 19.0 Å². The summed E-state index contributed by atoms with van der Waals surface area (Å²) >= 11 is 5.84. The minimum absolute atomic E-state index is 0.0321. The number of aromatic nitrogens is 1. The number of ether oxygens (including phenoxy) is 2. The molecule has 1 aromatic carbocycles. The van der Waals surface area contributed by atoms with Gasteiger partial charge in [-0.1, -0.05) is 11.6 Å². The second kappa shape index (κ2) is 8.37. The average molecular weight is 388 g/mol. The Morgan fingerprint density at radius 1 is 1.27 bits per heavy atom. The Morgan fingerprint density at radius 3 is 2.58 bits per heavy atom. The van der Waals surface area contributed by atoms with Gasteiger partial charge in [-0.15, -0.1) is 0 Å². The molecule has 0 spiro atoms. The number of halogens is 4. The summed E-state index contributed by atoms with van der Waals surface area (Å²) in [6.07, 6.45) is -3.81. The highest BCUT2D eigenvalue weighted by atomic mass is 35.5. The van der Waals surface area contributed by atoms with E-state index in [4.69, 9.17) is 21.1 Å². The maximum absolute atomic E-state index is 12.6. The van der Waals surface area contributed by atoms with Gasteiger partial charge in [0.25, 0.3) is 0 Å². The van der Waals surface area contributed by atoms with Crippen LogP contribution in [0.1, 0.15) is 23.6 Å². The van der Waals surface area contributed by atoms with E-state index in [1.54, 1.807) is 33.3 Å². The Hall–Kier alpha value is -2.32. The van der Waals surface area contributed by atoms with Crippen LogP contribution in [0, 0.1) is 0 Å².